The maximum absolute atomic E-state index is 13.4. The van der Waals surface area contributed by atoms with Crippen LogP contribution in [0.4, 0.5) is 0 Å². The van der Waals surface area contributed by atoms with E-state index in [-0.39, 0.29) is 5.91 Å². The monoisotopic (exact) mass is 433 g/mol. The second-order valence-corrected chi connectivity index (χ2v) is 8.83. The minimum absolute atomic E-state index is 0.0447. The molecule has 4 aromatic rings. The van der Waals surface area contributed by atoms with E-state index in [2.05, 4.69) is 22.0 Å². The first-order valence-electron chi connectivity index (χ1n) is 10.4. The van der Waals surface area contributed by atoms with Crippen molar-refractivity contribution in [1.82, 2.24) is 24.2 Å². The molecule has 0 saturated carbocycles. The summed E-state index contributed by atoms with van der Waals surface area (Å²) >= 11 is 1.64. The van der Waals surface area contributed by atoms with Crippen LogP contribution < -0.4 is 0 Å². The number of carbonyl (C=O) groups is 1. The van der Waals surface area contributed by atoms with E-state index in [1.807, 2.05) is 73.5 Å². The molecule has 1 aromatic carbocycles. The number of rotatable bonds is 8. The van der Waals surface area contributed by atoms with Gasteiger partial charge in [-0.05, 0) is 37.6 Å². The number of thiazole rings is 1. The topological polar surface area (TPSA) is 53.7 Å². The van der Waals surface area contributed by atoms with Gasteiger partial charge in [0.25, 0.3) is 5.91 Å². The Balaban J connectivity index is 1.58. The molecule has 31 heavy (non-hydrogen) atoms. The summed E-state index contributed by atoms with van der Waals surface area (Å²) in [5, 5.41) is 3.04. The molecule has 0 fully saturated rings. The number of likely N-dealkylation sites (N-methyl/N-ethyl adjacent to an activating group) is 1. The Morgan fingerprint density at radius 1 is 1.10 bits per heavy atom. The number of aromatic nitrogens is 3. The fraction of sp³-hybridized carbons (Fsp3) is 0.292. The standard InChI is InChI=1S/C24H27N5OS/c1-18-8-7-13-29-20(16-27(2)17-21-25-12-15-31-21)22(26-23(18)29)24(30)28(3)14-11-19-9-5-4-6-10-19/h4-10,12-13,15H,11,14,16-17H2,1-3H3. The van der Waals surface area contributed by atoms with Crippen molar-refractivity contribution < 1.29 is 4.79 Å². The number of benzene rings is 1. The highest BCUT2D eigenvalue weighted by atomic mass is 32.1. The average Bonchev–Trinajstić information content (AvgIpc) is 3.41. The highest BCUT2D eigenvalue weighted by molar-refractivity contribution is 7.09. The van der Waals surface area contributed by atoms with Crippen molar-refractivity contribution >= 4 is 22.9 Å². The van der Waals surface area contributed by atoms with Crippen molar-refractivity contribution in [2.45, 2.75) is 26.4 Å². The number of hydrogen-bond donors (Lipinski definition) is 0. The molecule has 0 saturated heterocycles. The largest absolute Gasteiger partial charge is 0.340 e. The molecule has 0 N–H and O–H groups in total. The molecule has 4 rings (SSSR count). The minimum atomic E-state index is -0.0447. The molecule has 7 heteroatoms. The number of hydrogen-bond acceptors (Lipinski definition) is 5. The van der Waals surface area contributed by atoms with Crippen molar-refractivity contribution in [3.05, 3.63) is 87.8 Å². The molecule has 3 heterocycles. The van der Waals surface area contributed by atoms with E-state index in [9.17, 15) is 4.79 Å². The Hall–Kier alpha value is -3.03. The van der Waals surface area contributed by atoms with Gasteiger partial charge in [-0.15, -0.1) is 11.3 Å². The van der Waals surface area contributed by atoms with Gasteiger partial charge in [-0.25, -0.2) is 9.97 Å². The smallest absolute Gasteiger partial charge is 0.274 e. The summed E-state index contributed by atoms with van der Waals surface area (Å²) in [7, 11) is 3.90. The summed E-state index contributed by atoms with van der Waals surface area (Å²) in [5.74, 6) is -0.0447. The molecule has 0 aliphatic heterocycles. The van der Waals surface area contributed by atoms with Gasteiger partial charge in [-0.1, -0.05) is 36.4 Å². The fourth-order valence-electron chi connectivity index (χ4n) is 3.67. The number of amides is 1. The molecule has 0 aliphatic rings. The lowest BCUT2D eigenvalue weighted by Gasteiger charge is -2.19. The van der Waals surface area contributed by atoms with Crippen LogP contribution in [0.15, 0.2) is 60.2 Å². The number of fused-ring (bicyclic) bond motifs is 1. The zero-order chi connectivity index (χ0) is 21.8. The van der Waals surface area contributed by atoms with Crippen LogP contribution in [0.25, 0.3) is 5.65 Å². The number of pyridine rings is 1. The Bertz CT molecular complexity index is 1150. The normalized spacial score (nSPS) is 11.4. The van der Waals surface area contributed by atoms with Gasteiger partial charge in [0.15, 0.2) is 5.69 Å². The number of carbonyl (C=O) groups excluding carboxylic acids is 1. The maximum atomic E-state index is 13.4. The van der Waals surface area contributed by atoms with Gasteiger partial charge in [0.1, 0.15) is 10.7 Å². The Morgan fingerprint density at radius 3 is 2.65 bits per heavy atom. The third-order valence-corrected chi connectivity index (χ3v) is 6.14. The molecule has 0 atom stereocenters. The molecule has 1 amide bonds. The van der Waals surface area contributed by atoms with Gasteiger partial charge in [0.05, 0.1) is 12.2 Å². The molecule has 0 aliphatic carbocycles. The Morgan fingerprint density at radius 2 is 1.90 bits per heavy atom. The second kappa shape index (κ2) is 9.41. The zero-order valence-electron chi connectivity index (χ0n) is 18.2. The van der Waals surface area contributed by atoms with Crippen molar-refractivity contribution in [2.75, 3.05) is 20.6 Å². The molecular weight excluding hydrogens is 406 g/mol. The third-order valence-electron chi connectivity index (χ3n) is 5.38. The Labute approximate surface area is 186 Å². The molecule has 0 unspecified atom stereocenters. The second-order valence-electron chi connectivity index (χ2n) is 7.85. The first kappa shape index (κ1) is 21.2. The highest BCUT2D eigenvalue weighted by Gasteiger charge is 2.23. The quantitative estimate of drug-likeness (QED) is 0.421. The summed E-state index contributed by atoms with van der Waals surface area (Å²) in [4.78, 5) is 26.5. The van der Waals surface area contributed by atoms with E-state index in [0.717, 1.165) is 34.9 Å². The fourth-order valence-corrected chi connectivity index (χ4v) is 4.37. The van der Waals surface area contributed by atoms with Crippen molar-refractivity contribution in [2.24, 2.45) is 0 Å². The third kappa shape index (κ3) is 4.84. The maximum Gasteiger partial charge on any atom is 0.274 e. The van der Waals surface area contributed by atoms with Crippen molar-refractivity contribution in [3.63, 3.8) is 0 Å². The molecule has 0 spiro atoms. The first-order chi connectivity index (χ1) is 15.0. The van der Waals surface area contributed by atoms with E-state index in [4.69, 9.17) is 4.98 Å². The van der Waals surface area contributed by atoms with Gasteiger partial charge < -0.3 is 9.30 Å². The summed E-state index contributed by atoms with van der Waals surface area (Å²) in [6.45, 7) is 4.01. The van der Waals surface area contributed by atoms with Gasteiger partial charge in [0, 0.05) is 37.9 Å². The average molecular weight is 434 g/mol. The van der Waals surface area contributed by atoms with Crippen LogP contribution in [0.3, 0.4) is 0 Å². The molecule has 6 nitrogen and oxygen atoms in total. The molecule has 0 radical (unpaired) electrons. The summed E-state index contributed by atoms with van der Waals surface area (Å²) in [5.41, 5.74) is 4.54. The van der Waals surface area contributed by atoms with E-state index in [0.29, 0.717) is 18.8 Å². The van der Waals surface area contributed by atoms with Gasteiger partial charge in [0.2, 0.25) is 0 Å². The predicted molar refractivity (Wildman–Crippen MR) is 124 cm³/mol. The van der Waals surface area contributed by atoms with Crippen LogP contribution in [-0.4, -0.2) is 50.7 Å². The van der Waals surface area contributed by atoms with Crippen molar-refractivity contribution in [1.29, 1.82) is 0 Å². The summed E-state index contributed by atoms with van der Waals surface area (Å²) in [6.07, 6.45) is 4.62. The van der Waals surface area contributed by atoms with E-state index in [1.54, 1.807) is 16.2 Å². The van der Waals surface area contributed by atoms with Crippen LogP contribution in [0.2, 0.25) is 0 Å². The lowest BCUT2D eigenvalue weighted by Crippen LogP contribution is -2.31. The van der Waals surface area contributed by atoms with Crippen LogP contribution in [0.5, 0.6) is 0 Å². The predicted octanol–water partition coefficient (Wildman–Crippen LogP) is 4.05. The molecule has 3 aromatic heterocycles. The zero-order valence-corrected chi connectivity index (χ0v) is 19.0. The van der Waals surface area contributed by atoms with Crippen LogP contribution >= 0.6 is 11.3 Å². The molecule has 0 bridgehead atoms. The van der Waals surface area contributed by atoms with Crippen molar-refractivity contribution in [3.8, 4) is 0 Å². The highest BCUT2D eigenvalue weighted by Crippen LogP contribution is 2.20. The summed E-state index contributed by atoms with van der Waals surface area (Å²) in [6, 6.07) is 14.3. The first-order valence-corrected chi connectivity index (χ1v) is 11.2. The lowest BCUT2D eigenvalue weighted by atomic mass is 10.1. The SMILES string of the molecule is Cc1cccn2c(CN(C)Cc3nccs3)c(C(=O)N(C)CCc3ccccc3)nc12. The van der Waals surface area contributed by atoms with Gasteiger partial charge in [-0.2, -0.15) is 0 Å². The number of imidazole rings is 1. The van der Waals surface area contributed by atoms with Gasteiger partial charge in [-0.3, -0.25) is 9.69 Å². The van der Waals surface area contributed by atoms with E-state index >= 15 is 0 Å². The Kier molecular flexibility index (Phi) is 6.44. The number of nitrogens with zero attached hydrogens (tertiary/aromatic N) is 5. The van der Waals surface area contributed by atoms with Crippen LogP contribution in [-0.2, 0) is 19.5 Å². The number of aryl methyl sites for hydroxylation is 1. The van der Waals surface area contributed by atoms with Gasteiger partial charge >= 0.3 is 0 Å². The van der Waals surface area contributed by atoms with E-state index in [1.165, 1.54) is 5.56 Å². The molecule has 160 valence electrons. The molecular formula is C24H27N5OS. The minimum Gasteiger partial charge on any atom is -0.340 e. The lowest BCUT2D eigenvalue weighted by molar-refractivity contribution is 0.0789. The summed E-state index contributed by atoms with van der Waals surface area (Å²) < 4.78 is 2.05. The van der Waals surface area contributed by atoms with Crippen LogP contribution in [0, 0.1) is 6.92 Å². The van der Waals surface area contributed by atoms with E-state index < -0.39 is 0 Å². The van der Waals surface area contributed by atoms with Crippen LogP contribution in [0.1, 0.15) is 32.3 Å².